The molecule has 1 rings (SSSR count). The van der Waals surface area contributed by atoms with Crippen molar-refractivity contribution in [1.29, 1.82) is 0 Å². The predicted octanol–water partition coefficient (Wildman–Crippen LogP) is -0.0510. The van der Waals surface area contributed by atoms with Gasteiger partial charge in [-0.3, -0.25) is 0 Å². The first-order valence-corrected chi connectivity index (χ1v) is 3.71. The van der Waals surface area contributed by atoms with E-state index in [9.17, 15) is 0 Å². The fourth-order valence-electron chi connectivity index (χ4n) is 1.12. The number of hydrogen-bond donors (Lipinski definition) is 1. The monoisotopic (exact) mass is 125 g/mol. The molecule has 0 aromatic heterocycles. The Morgan fingerprint density at radius 2 is 2.11 bits per heavy atom. The molecule has 0 saturated carbocycles. The maximum atomic E-state index is 3.31. The average molecular weight is 125 g/mol. The molecular formula is C6H14BN2. The Bertz CT molecular complexity index is 68.7. The molecule has 0 bridgehead atoms. The third kappa shape index (κ3) is 2.37. The van der Waals surface area contributed by atoms with Crippen LogP contribution in [0.3, 0.4) is 0 Å². The molecule has 1 aliphatic heterocycles. The van der Waals surface area contributed by atoms with Crippen molar-refractivity contribution in [3.05, 3.63) is 0 Å². The quantitative estimate of drug-likeness (QED) is 0.520. The minimum atomic E-state index is 1.15. The number of nitrogens with zero attached hydrogens (tertiary/aromatic N) is 1. The first-order valence-electron chi connectivity index (χ1n) is 3.71. The van der Waals surface area contributed by atoms with Crippen LogP contribution in [0.25, 0.3) is 0 Å². The van der Waals surface area contributed by atoms with Crippen molar-refractivity contribution in [3.63, 3.8) is 0 Å². The van der Waals surface area contributed by atoms with Crippen LogP contribution < -0.4 is 5.32 Å². The van der Waals surface area contributed by atoms with Crippen molar-refractivity contribution in [2.24, 2.45) is 0 Å². The summed E-state index contributed by atoms with van der Waals surface area (Å²) in [6.45, 7) is 6.86. The first-order chi connectivity index (χ1) is 4.43. The van der Waals surface area contributed by atoms with Crippen LogP contribution in [0.2, 0.25) is 6.32 Å². The molecule has 1 N–H and O–H groups in total. The molecule has 0 aliphatic carbocycles. The molecule has 0 atom stereocenters. The Hall–Kier alpha value is -0.0151. The predicted molar refractivity (Wildman–Crippen MR) is 40.7 cm³/mol. The van der Waals surface area contributed by atoms with Crippen molar-refractivity contribution < 1.29 is 0 Å². The lowest BCUT2D eigenvalue weighted by atomic mass is 9.87. The Morgan fingerprint density at radius 3 is 2.67 bits per heavy atom. The molecule has 0 aromatic carbocycles. The molecular weight excluding hydrogens is 111 g/mol. The Balaban J connectivity index is 2.08. The molecule has 3 heteroatoms. The van der Waals surface area contributed by atoms with Gasteiger partial charge in [-0.2, -0.15) is 0 Å². The number of rotatable bonds is 2. The second-order valence-corrected chi connectivity index (χ2v) is 2.38. The Kier molecular flexibility index (Phi) is 3.08. The van der Waals surface area contributed by atoms with E-state index in [1.165, 1.54) is 19.4 Å². The van der Waals surface area contributed by atoms with Gasteiger partial charge in [-0.15, -0.1) is 0 Å². The van der Waals surface area contributed by atoms with Crippen LogP contribution >= 0.6 is 0 Å². The largest absolute Gasteiger partial charge is 0.344 e. The second kappa shape index (κ2) is 3.91. The van der Waals surface area contributed by atoms with Crippen molar-refractivity contribution in [2.45, 2.75) is 13.2 Å². The third-order valence-electron chi connectivity index (χ3n) is 1.59. The molecule has 1 aliphatic rings. The minimum absolute atomic E-state index is 1.15. The first kappa shape index (κ1) is 7.10. The highest BCUT2D eigenvalue weighted by atomic mass is 15.1. The fraction of sp³-hybridized carbons (Fsp3) is 1.00. The van der Waals surface area contributed by atoms with Crippen LogP contribution in [0.4, 0.5) is 0 Å². The van der Waals surface area contributed by atoms with E-state index < -0.39 is 0 Å². The molecule has 2 nitrogen and oxygen atoms in total. The molecule has 0 spiro atoms. The molecule has 1 heterocycles. The molecule has 51 valence electrons. The number of piperazine rings is 1. The highest BCUT2D eigenvalue weighted by Gasteiger charge is 2.07. The van der Waals surface area contributed by atoms with E-state index >= 15 is 0 Å². The smallest absolute Gasteiger partial charge is 0.208 e. The van der Waals surface area contributed by atoms with Gasteiger partial charge in [0.25, 0.3) is 0 Å². The summed E-state index contributed by atoms with van der Waals surface area (Å²) >= 11 is 0. The third-order valence-corrected chi connectivity index (χ3v) is 1.59. The molecule has 1 saturated heterocycles. The summed E-state index contributed by atoms with van der Waals surface area (Å²) in [5, 5.41) is 3.31. The van der Waals surface area contributed by atoms with Crippen LogP contribution in [0.5, 0.6) is 0 Å². The van der Waals surface area contributed by atoms with Gasteiger partial charge in [0.05, 0.1) is 0 Å². The van der Waals surface area contributed by atoms with Gasteiger partial charge in [-0.25, -0.2) is 0 Å². The van der Waals surface area contributed by atoms with Gasteiger partial charge in [0.2, 0.25) is 7.41 Å². The van der Waals surface area contributed by atoms with Crippen LogP contribution in [0.15, 0.2) is 0 Å². The van der Waals surface area contributed by atoms with E-state index in [4.69, 9.17) is 0 Å². The number of hydrogen-bond acceptors (Lipinski definition) is 2. The maximum Gasteiger partial charge on any atom is 0.208 e. The lowest BCUT2D eigenvalue weighted by Crippen LogP contribution is -2.44. The van der Waals surface area contributed by atoms with Crippen molar-refractivity contribution in [1.82, 2.24) is 10.1 Å². The molecule has 0 amide bonds. The average Bonchev–Trinajstić information content (AvgIpc) is 1.91. The SMILES string of the molecule is CC[B]N1CCNCC1. The summed E-state index contributed by atoms with van der Waals surface area (Å²) in [6.07, 6.45) is 1.17. The zero-order valence-corrected chi connectivity index (χ0v) is 6.06. The standard InChI is InChI=1S/C6H14BN2/c1-2-7-9-5-3-8-4-6-9/h8H,2-6H2,1H3. The fourth-order valence-corrected chi connectivity index (χ4v) is 1.12. The van der Waals surface area contributed by atoms with Crippen molar-refractivity contribution in [2.75, 3.05) is 26.2 Å². The van der Waals surface area contributed by atoms with E-state index in [0.717, 1.165) is 13.1 Å². The summed E-state index contributed by atoms with van der Waals surface area (Å²) in [7, 11) is 2.28. The lowest BCUT2D eigenvalue weighted by Gasteiger charge is -2.26. The minimum Gasteiger partial charge on any atom is -0.344 e. The van der Waals surface area contributed by atoms with Gasteiger partial charge >= 0.3 is 0 Å². The second-order valence-electron chi connectivity index (χ2n) is 2.38. The summed E-state index contributed by atoms with van der Waals surface area (Å²) in [4.78, 5) is 2.39. The van der Waals surface area contributed by atoms with Gasteiger partial charge in [0.15, 0.2) is 0 Å². The van der Waals surface area contributed by atoms with E-state index in [0.29, 0.717) is 0 Å². The van der Waals surface area contributed by atoms with E-state index in [1.807, 2.05) is 0 Å². The Labute approximate surface area is 57.9 Å². The molecule has 1 radical (unpaired) electrons. The zero-order chi connectivity index (χ0) is 6.53. The van der Waals surface area contributed by atoms with Crippen LogP contribution in [-0.4, -0.2) is 38.4 Å². The summed E-state index contributed by atoms with van der Waals surface area (Å²) in [6, 6.07) is 0. The van der Waals surface area contributed by atoms with Gasteiger partial charge in [-0.05, 0) is 13.1 Å². The summed E-state index contributed by atoms with van der Waals surface area (Å²) in [5.74, 6) is 0. The number of nitrogens with one attached hydrogen (secondary N) is 1. The molecule has 9 heavy (non-hydrogen) atoms. The molecule has 0 unspecified atom stereocenters. The van der Waals surface area contributed by atoms with E-state index in [2.05, 4.69) is 24.5 Å². The van der Waals surface area contributed by atoms with Crippen LogP contribution in [0, 0.1) is 0 Å². The normalized spacial score (nSPS) is 21.9. The molecule has 0 aromatic rings. The zero-order valence-electron chi connectivity index (χ0n) is 6.06. The summed E-state index contributed by atoms with van der Waals surface area (Å²) < 4.78 is 0. The topological polar surface area (TPSA) is 15.3 Å². The van der Waals surface area contributed by atoms with Gasteiger partial charge in [0, 0.05) is 13.1 Å². The highest BCUT2D eigenvalue weighted by molar-refractivity contribution is 6.31. The van der Waals surface area contributed by atoms with Crippen molar-refractivity contribution in [3.8, 4) is 0 Å². The Morgan fingerprint density at radius 1 is 1.44 bits per heavy atom. The van der Waals surface area contributed by atoms with Crippen LogP contribution in [-0.2, 0) is 0 Å². The van der Waals surface area contributed by atoms with Gasteiger partial charge < -0.3 is 10.1 Å². The van der Waals surface area contributed by atoms with E-state index in [-0.39, 0.29) is 0 Å². The lowest BCUT2D eigenvalue weighted by molar-refractivity contribution is 0.375. The maximum absolute atomic E-state index is 3.31. The van der Waals surface area contributed by atoms with Crippen LogP contribution in [0.1, 0.15) is 6.92 Å². The van der Waals surface area contributed by atoms with Gasteiger partial charge in [0.1, 0.15) is 0 Å². The summed E-state index contributed by atoms with van der Waals surface area (Å²) in [5.41, 5.74) is 0. The van der Waals surface area contributed by atoms with Crippen molar-refractivity contribution >= 4 is 7.41 Å². The molecule has 1 fully saturated rings. The van der Waals surface area contributed by atoms with E-state index in [1.54, 1.807) is 0 Å². The van der Waals surface area contributed by atoms with Gasteiger partial charge in [-0.1, -0.05) is 13.2 Å². The highest BCUT2D eigenvalue weighted by Crippen LogP contribution is 1.90.